The maximum Gasteiger partial charge on any atom is 0.257 e. The van der Waals surface area contributed by atoms with E-state index in [2.05, 4.69) is 31.2 Å². The first kappa shape index (κ1) is 38.7. The number of amides is 4. The Bertz CT molecular complexity index is 1040. The Morgan fingerprint density at radius 3 is 1.02 bits per heavy atom. The van der Waals surface area contributed by atoms with E-state index in [9.17, 15) is 19.2 Å². The Hall–Kier alpha value is -3.50. The molecule has 2 rings (SSSR count). The minimum atomic E-state index is -0.408. The molecule has 4 amide bonds. The van der Waals surface area contributed by atoms with E-state index in [1.807, 2.05) is 0 Å². The monoisotopic (exact) mass is 636 g/mol. The third-order valence-corrected chi connectivity index (χ3v) is 8.15. The number of carbonyl (C=O) groups excluding carboxylic acids is 4. The fraction of sp³-hybridized carbons (Fsp3) is 0.611. The minimum Gasteiger partial charge on any atom is -0.306 e. The average Bonchev–Trinajstić information content (AvgIpc) is 3.07. The zero-order valence-corrected chi connectivity index (χ0v) is 28.0. The highest BCUT2D eigenvalue weighted by atomic mass is 16.2. The van der Waals surface area contributed by atoms with Crippen molar-refractivity contribution < 1.29 is 19.2 Å². The first-order valence-corrected chi connectivity index (χ1v) is 17.4. The predicted octanol–water partition coefficient (Wildman–Crippen LogP) is 5.89. The average molecular weight is 637 g/mol. The van der Waals surface area contributed by atoms with Crippen LogP contribution in [0.2, 0.25) is 0 Å². The number of unbranched alkanes of at least 4 members (excludes halogenated alkanes) is 15. The molecule has 2 aromatic rings. The van der Waals surface area contributed by atoms with Crippen LogP contribution in [0, 0.1) is 0 Å². The second kappa shape index (κ2) is 24.7. The largest absolute Gasteiger partial charge is 0.306 e. The summed E-state index contributed by atoms with van der Waals surface area (Å²) in [5.74, 6) is -1.42. The van der Waals surface area contributed by atoms with Gasteiger partial charge in [0, 0.05) is 35.9 Å². The molecular weight excluding hydrogens is 580 g/mol. The molecule has 2 atom stereocenters. The molecule has 10 heteroatoms. The molecule has 0 saturated carbocycles. The van der Waals surface area contributed by atoms with Crippen molar-refractivity contribution >= 4 is 23.6 Å². The Morgan fingerprint density at radius 2 is 0.739 bits per heavy atom. The Balaban J connectivity index is 1.28. The summed E-state index contributed by atoms with van der Waals surface area (Å²) >= 11 is 0. The van der Waals surface area contributed by atoms with Crippen LogP contribution in [0.25, 0.3) is 0 Å². The van der Waals surface area contributed by atoms with Crippen LogP contribution >= 0.6 is 0 Å². The molecule has 0 fully saturated rings. The van der Waals surface area contributed by atoms with Crippen LogP contribution in [0.3, 0.4) is 0 Å². The second-order valence-corrected chi connectivity index (χ2v) is 12.1. The molecule has 0 spiro atoms. The molecule has 0 aliphatic rings. The van der Waals surface area contributed by atoms with Gasteiger partial charge in [0.25, 0.3) is 11.8 Å². The number of rotatable bonds is 25. The van der Waals surface area contributed by atoms with Gasteiger partial charge in [0.05, 0.1) is 12.1 Å². The van der Waals surface area contributed by atoms with Crippen molar-refractivity contribution in [3.8, 4) is 0 Å². The van der Waals surface area contributed by atoms with E-state index < -0.39 is 23.9 Å². The lowest BCUT2D eigenvalue weighted by atomic mass is 10.0. The van der Waals surface area contributed by atoms with Gasteiger partial charge in [0.1, 0.15) is 0 Å². The van der Waals surface area contributed by atoms with Gasteiger partial charge in [-0.15, -0.1) is 0 Å². The molecule has 2 aromatic heterocycles. The minimum absolute atomic E-state index is 0.309. The van der Waals surface area contributed by atoms with E-state index in [1.165, 1.54) is 102 Å². The summed E-state index contributed by atoms with van der Waals surface area (Å²) in [5, 5.41) is 11.3. The number of aromatic nitrogens is 2. The maximum absolute atomic E-state index is 12.2. The highest BCUT2D eigenvalue weighted by Crippen LogP contribution is 2.13. The first-order chi connectivity index (χ1) is 22.4. The number of nitrogens with one attached hydrogen (secondary N) is 4. The predicted molar refractivity (Wildman–Crippen MR) is 182 cm³/mol. The standard InChI is InChI=1S/C36H56N6O4/c1-29(33(43)41-35(45)31-19-25-37-26-20-31)39-23-17-15-13-11-9-7-5-3-4-6-8-10-12-14-16-18-24-40-30(2)34(44)42-36(46)32-21-27-38-28-22-32/h19-22,25-30,39-40H,3-18,23-24H2,1-2H3,(H,41,43,45)(H,42,44,46). The van der Waals surface area contributed by atoms with E-state index in [1.54, 1.807) is 38.1 Å². The third-order valence-electron chi connectivity index (χ3n) is 8.15. The van der Waals surface area contributed by atoms with Gasteiger partial charge in [0.2, 0.25) is 11.8 Å². The molecular formula is C36H56N6O4. The van der Waals surface area contributed by atoms with E-state index in [4.69, 9.17) is 0 Å². The summed E-state index contributed by atoms with van der Waals surface area (Å²) in [7, 11) is 0. The zero-order valence-electron chi connectivity index (χ0n) is 28.0. The molecule has 0 saturated heterocycles. The second-order valence-electron chi connectivity index (χ2n) is 12.1. The number of pyridine rings is 2. The number of carbonyl (C=O) groups is 4. The fourth-order valence-electron chi connectivity index (χ4n) is 5.14. The lowest BCUT2D eigenvalue weighted by Crippen LogP contribution is -2.44. The van der Waals surface area contributed by atoms with Gasteiger partial charge in [-0.1, -0.05) is 89.9 Å². The van der Waals surface area contributed by atoms with Crippen LogP contribution in [-0.2, 0) is 9.59 Å². The van der Waals surface area contributed by atoms with Gasteiger partial charge < -0.3 is 10.6 Å². The summed E-state index contributed by atoms with van der Waals surface area (Å²) in [5.41, 5.74) is 0.852. The first-order valence-electron chi connectivity index (χ1n) is 17.4. The van der Waals surface area contributed by atoms with Crippen molar-refractivity contribution in [1.29, 1.82) is 0 Å². The number of nitrogens with zero attached hydrogens (tertiary/aromatic N) is 2. The van der Waals surface area contributed by atoms with Gasteiger partial charge in [-0.3, -0.25) is 39.8 Å². The summed E-state index contributed by atoms with van der Waals surface area (Å²) in [6.45, 7) is 5.10. The lowest BCUT2D eigenvalue weighted by Gasteiger charge is -2.13. The van der Waals surface area contributed by atoms with E-state index in [-0.39, 0.29) is 11.8 Å². The fourth-order valence-corrected chi connectivity index (χ4v) is 5.14. The van der Waals surface area contributed by atoms with Crippen LogP contribution in [-0.4, -0.2) is 58.8 Å². The Morgan fingerprint density at radius 1 is 0.478 bits per heavy atom. The molecule has 0 bridgehead atoms. The van der Waals surface area contributed by atoms with Crippen molar-refractivity contribution in [2.24, 2.45) is 0 Å². The molecule has 0 aliphatic heterocycles. The molecule has 10 nitrogen and oxygen atoms in total. The van der Waals surface area contributed by atoms with Crippen molar-refractivity contribution in [2.45, 2.75) is 129 Å². The van der Waals surface area contributed by atoms with Crippen molar-refractivity contribution in [1.82, 2.24) is 31.2 Å². The SMILES string of the molecule is CC(NCCCCCCCCCCCCCCCCCCNC(C)C(=O)NC(=O)c1ccncc1)C(=O)NC(=O)c1ccncc1. The van der Waals surface area contributed by atoms with Crippen LogP contribution in [0.15, 0.2) is 49.1 Å². The molecule has 46 heavy (non-hydrogen) atoms. The molecule has 0 radical (unpaired) electrons. The number of hydrogen-bond donors (Lipinski definition) is 4. The normalized spacial score (nSPS) is 12.3. The smallest absolute Gasteiger partial charge is 0.257 e. The quantitative estimate of drug-likeness (QED) is 0.0989. The Labute approximate surface area is 275 Å². The maximum atomic E-state index is 12.2. The molecule has 0 aliphatic carbocycles. The summed E-state index contributed by atoms with van der Waals surface area (Å²) in [6, 6.07) is 5.52. The van der Waals surface area contributed by atoms with Crippen LogP contribution in [0.1, 0.15) is 137 Å². The molecule has 2 unspecified atom stereocenters. The zero-order chi connectivity index (χ0) is 33.2. The third kappa shape index (κ3) is 17.8. The van der Waals surface area contributed by atoms with Crippen molar-refractivity contribution in [3.63, 3.8) is 0 Å². The Kier molecular flexibility index (Phi) is 20.8. The summed E-state index contributed by atoms with van der Waals surface area (Å²) in [6.07, 6.45) is 26.0. The number of hydrogen-bond acceptors (Lipinski definition) is 8. The van der Waals surface area contributed by atoms with E-state index >= 15 is 0 Å². The van der Waals surface area contributed by atoms with Crippen LogP contribution in [0.4, 0.5) is 0 Å². The van der Waals surface area contributed by atoms with Gasteiger partial charge in [-0.05, 0) is 64.0 Å². The molecule has 254 valence electrons. The van der Waals surface area contributed by atoms with Gasteiger partial charge in [-0.25, -0.2) is 0 Å². The van der Waals surface area contributed by atoms with Crippen molar-refractivity contribution in [2.75, 3.05) is 13.1 Å². The van der Waals surface area contributed by atoms with Crippen LogP contribution < -0.4 is 21.3 Å². The van der Waals surface area contributed by atoms with E-state index in [0.717, 1.165) is 38.8 Å². The summed E-state index contributed by atoms with van der Waals surface area (Å²) in [4.78, 5) is 56.3. The van der Waals surface area contributed by atoms with Crippen molar-refractivity contribution in [3.05, 3.63) is 60.2 Å². The summed E-state index contributed by atoms with van der Waals surface area (Å²) < 4.78 is 0. The number of imide groups is 2. The van der Waals surface area contributed by atoms with Gasteiger partial charge in [-0.2, -0.15) is 0 Å². The van der Waals surface area contributed by atoms with E-state index in [0.29, 0.717) is 11.1 Å². The topological polar surface area (TPSA) is 142 Å². The lowest BCUT2D eigenvalue weighted by molar-refractivity contribution is -0.122. The highest BCUT2D eigenvalue weighted by molar-refractivity contribution is 6.06. The molecule has 2 heterocycles. The van der Waals surface area contributed by atoms with Gasteiger partial charge in [0.15, 0.2) is 0 Å². The highest BCUT2D eigenvalue weighted by Gasteiger charge is 2.17. The van der Waals surface area contributed by atoms with Crippen LogP contribution in [0.5, 0.6) is 0 Å². The molecule has 4 N–H and O–H groups in total. The van der Waals surface area contributed by atoms with Gasteiger partial charge >= 0.3 is 0 Å². The molecule has 0 aromatic carbocycles.